The molecule has 0 aliphatic carbocycles. The fourth-order valence-corrected chi connectivity index (χ4v) is 3.33. The van der Waals surface area contributed by atoms with Gasteiger partial charge in [0.25, 0.3) is 0 Å². The molecule has 28 heavy (non-hydrogen) atoms. The van der Waals surface area contributed by atoms with Crippen molar-refractivity contribution >= 4 is 17.7 Å². The Morgan fingerprint density at radius 2 is 1.89 bits per heavy atom. The van der Waals surface area contributed by atoms with Gasteiger partial charge in [-0.15, -0.1) is 5.10 Å². The van der Waals surface area contributed by atoms with Crippen LogP contribution in [0.2, 0.25) is 5.02 Å². The van der Waals surface area contributed by atoms with E-state index in [9.17, 15) is 4.79 Å². The van der Waals surface area contributed by atoms with E-state index in [-0.39, 0.29) is 12.1 Å². The van der Waals surface area contributed by atoms with Gasteiger partial charge >= 0.3 is 6.09 Å². The SMILES string of the molecule is Cc1ccc(OC(=O)N2CCC(n3cc(-c4ccc(Cl)cc4)nn3)CC2)cn1. The quantitative estimate of drug-likeness (QED) is 0.664. The number of halogens is 1. The Hall–Kier alpha value is -2.93. The molecule has 8 heteroatoms. The van der Waals surface area contributed by atoms with Gasteiger partial charge in [-0.05, 0) is 44.0 Å². The normalized spacial score (nSPS) is 14.9. The maximum atomic E-state index is 12.3. The van der Waals surface area contributed by atoms with Gasteiger partial charge < -0.3 is 9.64 Å². The lowest BCUT2D eigenvalue weighted by atomic mass is 10.1. The molecule has 7 nitrogen and oxygen atoms in total. The van der Waals surface area contributed by atoms with Gasteiger partial charge in [0, 0.05) is 29.4 Å². The molecule has 0 atom stereocenters. The van der Waals surface area contributed by atoms with Crippen LogP contribution in [0, 0.1) is 6.92 Å². The summed E-state index contributed by atoms with van der Waals surface area (Å²) in [5, 5.41) is 9.23. The molecule has 0 bridgehead atoms. The van der Waals surface area contributed by atoms with E-state index in [0.29, 0.717) is 23.9 Å². The van der Waals surface area contributed by atoms with E-state index in [1.807, 2.05) is 48.1 Å². The Morgan fingerprint density at radius 3 is 2.57 bits per heavy atom. The average molecular weight is 398 g/mol. The van der Waals surface area contributed by atoms with E-state index in [1.54, 1.807) is 17.2 Å². The van der Waals surface area contributed by atoms with Gasteiger partial charge in [-0.25, -0.2) is 9.48 Å². The van der Waals surface area contributed by atoms with Crippen LogP contribution in [-0.2, 0) is 0 Å². The molecule has 1 aliphatic heterocycles. The predicted molar refractivity (Wildman–Crippen MR) is 105 cm³/mol. The summed E-state index contributed by atoms with van der Waals surface area (Å²) in [4.78, 5) is 18.2. The zero-order valence-corrected chi connectivity index (χ0v) is 16.2. The molecular formula is C20H20ClN5O2. The molecule has 0 saturated carbocycles. The second kappa shape index (κ2) is 7.98. The Kier molecular flexibility index (Phi) is 5.25. The van der Waals surface area contributed by atoms with Crippen LogP contribution in [0.25, 0.3) is 11.3 Å². The zero-order chi connectivity index (χ0) is 19.5. The largest absolute Gasteiger partial charge is 0.415 e. The van der Waals surface area contributed by atoms with E-state index >= 15 is 0 Å². The van der Waals surface area contributed by atoms with E-state index in [0.717, 1.165) is 29.8 Å². The van der Waals surface area contributed by atoms with E-state index in [2.05, 4.69) is 15.3 Å². The molecule has 4 rings (SSSR count). The molecule has 1 aromatic carbocycles. The number of hydrogen-bond donors (Lipinski definition) is 0. The highest BCUT2D eigenvalue weighted by Crippen LogP contribution is 2.25. The van der Waals surface area contributed by atoms with Crippen molar-refractivity contribution in [1.29, 1.82) is 0 Å². The van der Waals surface area contributed by atoms with Crippen molar-refractivity contribution < 1.29 is 9.53 Å². The number of aryl methyl sites for hydroxylation is 1. The summed E-state index contributed by atoms with van der Waals surface area (Å²) in [6.45, 7) is 3.11. The average Bonchev–Trinajstić information content (AvgIpc) is 3.20. The minimum Gasteiger partial charge on any atom is -0.409 e. The van der Waals surface area contributed by atoms with Gasteiger partial charge in [-0.2, -0.15) is 0 Å². The first-order chi connectivity index (χ1) is 13.6. The molecule has 3 heterocycles. The Balaban J connectivity index is 1.34. The van der Waals surface area contributed by atoms with Crippen molar-refractivity contribution in [3.05, 3.63) is 59.5 Å². The van der Waals surface area contributed by atoms with Gasteiger partial charge in [-0.3, -0.25) is 4.98 Å². The number of ether oxygens (including phenoxy) is 1. The Morgan fingerprint density at radius 1 is 1.14 bits per heavy atom. The molecular weight excluding hydrogens is 378 g/mol. The Bertz CT molecular complexity index is 947. The summed E-state index contributed by atoms with van der Waals surface area (Å²) >= 11 is 5.94. The van der Waals surface area contributed by atoms with E-state index in [1.165, 1.54) is 0 Å². The van der Waals surface area contributed by atoms with Crippen molar-refractivity contribution in [2.45, 2.75) is 25.8 Å². The van der Waals surface area contributed by atoms with Crippen LogP contribution in [0.15, 0.2) is 48.8 Å². The predicted octanol–water partition coefficient (Wildman–Crippen LogP) is 4.14. The third kappa shape index (κ3) is 4.14. The first kappa shape index (κ1) is 18.4. The van der Waals surface area contributed by atoms with Crippen LogP contribution in [0.4, 0.5) is 4.79 Å². The molecule has 1 saturated heterocycles. The zero-order valence-electron chi connectivity index (χ0n) is 15.5. The number of likely N-dealkylation sites (tertiary alicyclic amines) is 1. The third-order valence-electron chi connectivity index (χ3n) is 4.84. The first-order valence-electron chi connectivity index (χ1n) is 9.16. The number of pyridine rings is 1. The molecule has 3 aromatic rings. The molecule has 144 valence electrons. The molecule has 2 aromatic heterocycles. The fraction of sp³-hybridized carbons (Fsp3) is 0.300. The van der Waals surface area contributed by atoms with Crippen molar-refractivity contribution in [1.82, 2.24) is 24.9 Å². The van der Waals surface area contributed by atoms with E-state index < -0.39 is 0 Å². The first-order valence-corrected chi connectivity index (χ1v) is 9.53. The molecule has 0 N–H and O–H groups in total. The summed E-state index contributed by atoms with van der Waals surface area (Å²) in [5.74, 6) is 0.460. The summed E-state index contributed by atoms with van der Waals surface area (Å²) in [6, 6.07) is 11.3. The highest BCUT2D eigenvalue weighted by molar-refractivity contribution is 6.30. The lowest BCUT2D eigenvalue weighted by Crippen LogP contribution is -2.40. The van der Waals surface area contributed by atoms with Crippen molar-refractivity contribution in [2.75, 3.05) is 13.1 Å². The number of carbonyl (C=O) groups is 1. The molecule has 1 fully saturated rings. The maximum absolute atomic E-state index is 12.3. The number of aromatic nitrogens is 4. The van der Waals surface area contributed by atoms with Gasteiger partial charge in [-0.1, -0.05) is 28.9 Å². The smallest absolute Gasteiger partial charge is 0.409 e. The van der Waals surface area contributed by atoms with Crippen LogP contribution >= 0.6 is 11.6 Å². The second-order valence-corrected chi connectivity index (χ2v) is 7.25. The number of amides is 1. The van der Waals surface area contributed by atoms with Crippen molar-refractivity contribution in [3.8, 4) is 17.0 Å². The topological polar surface area (TPSA) is 73.1 Å². The summed E-state index contributed by atoms with van der Waals surface area (Å²) in [6.07, 6.45) is 4.76. The Labute approximate surface area is 167 Å². The molecule has 1 amide bonds. The summed E-state index contributed by atoms with van der Waals surface area (Å²) in [5.41, 5.74) is 2.67. The standard InChI is InChI=1S/C20H20ClN5O2/c1-14-2-7-18(12-22-14)28-20(27)25-10-8-17(9-11-25)26-13-19(23-24-26)15-3-5-16(21)6-4-15/h2-7,12-13,17H,8-11H2,1H3. The van der Waals surface area contributed by atoms with Crippen LogP contribution in [0.3, 0.4) is 0 Å². The van der Waals surface area contributed by atoms with Gasteiger partial charge in [0.2, 0.25) is 0 Å². The fourth-order valence-electron chi connectivity index (χ4n) is 3.20. The van der Waals surface area contributed by atoms with Gasteiger partial charge in [0.1, 0.15) is 5.69 Å². The molecule has 1 aliphatic rings. The third-order valence-corrected chi connectivity index (χ3v) is 5.09. The number of hydrogen-bond acceptors (Lipinski definition) is 5. The number of nitrogens with zero attached hydrogens (tertiary/aromatic N) is 5. The molecule has 0 radical (unpaired) electrons. The lowest BCUT2D eigenvalue weighted by molar-refractivity contribution is 0.129. The van der Waals surface area contributed by atoms with Crippen molar-refractivity contribution in [3.63, 3.8) is 0 Å². The molecule has 0 spiro atoms. The maximum Gasteiger partial charge on any atom is 0.415 e. The summed E-state index contributed by atoms with van der Waals surface area (Å²) < 4.78 is 7.29. The second-order valence-electron chi connectivity index (χ2n) is 6.81. The monoisotopic (exact) mass is 397 g/mol. The van der Waals surface area contributed by atoms with Crippen molar-refractivity contribution in [2.24, 2.45) is 0 Å². The number of piperidine rings is 1. The van der Waals surface area contributed by atoms with Crippen LogP contribution < -0.4 is 4.74 Å². The minimum atomic E-state index is -0.343. The van der Waals surface area contributed by atoms with Gasteiger partial charge in [0.15, 0.2) is 5.75 Å². The highest BCUT2D eigenvalue weighted by Gasteiger charge is 2.26. The highest BCUT2D eigenvalue weighted by atomic mass is 35.5. The van der Waals surface area contributed by atoms with Crippen LogP contribution in [0.1, 0.15) is 24.6 Å². The number of carbonyl (C=O) groups excluding carboxylic acids is 1. The summed E-state index contributed by atoms with van der Waals surface area (Å²) in [7, 11) is 0. The number of benzene rings is 1. The number of rotatable bonds is 3. The van der Waals surface area contributed by atoms with E-state index in [4.69, 9.17) is 16.3 Å². The molecule has 0 unspecified atom stereocenters. The minimum absolute atomic E-state index is 0.207. The lowest BCUT2D eigenvalue weighted by Gasteiger charge is -2.30. The van der Waals surface area contributed by atoms with Crippen LogP contribution in [0.5, 0.6) is 5.75 Å². The van der Waals surface area contributed by atoms with Crippen LogP contribution in [-0.4, -0.2) is 44.1 Å². The van der Waals surface area contributed by atoms with Gasteiger partial charge in [0.05, 0.1) is 18.4 Å².